The van der Waals surface area contributed by atoms with E-state index >= 15 is 0 Å². The average Bonchev–Trinajstić information content (AvgIpc) is 2.94. The predicted molar refractivity (Wildman–Crippen MR) is 98.1 cm³/mol. The largest absolute Gasteiger partial charge is 0.465 e. The number of thiophene rings is 1. The maximum Gasteiger partial charge on any atom is 0.340 e. The van der Waals surface area contributed by atoms with Gasteiger partial charge in [-0.1, -0.05) is 15.9 Å². The number of aryl methyl sites for hydroxylation is 1. The number of methoxy groups -OCH3 is 1. The van der Waals surface area contributed by atoms with Gasteiger partial charge in [0.25, 0.3) is 5.91 Å². The van der Waals surface area contributed by atoms with Crippen LogP contribution in [-0.2, 0) is 4.74 Å². The maximum atomic E-state index is 12.6. The Morgan fingerprint density at radius 1 is 1.24 bits per heavy atom. The molecule has 0 saturated heterocycles. The molecule has 0 unspecified atom stereocenters. The number of carbonyl (C=O) groups is 2. The van der Waals surface area contributed by atoms with E-state index in [4.69, 9.17) is 14.6 Å². The summed E-state index contributed by atoms with van der Waals surface area (Å²) < 4.78 is 11.0. The minimum atomic E-state index is -0.530. The molecule has 0 spiro atoms. The molecule has 2 N–H and O–H groups in total. The third-order valence-electron chi connectivity index (χ3n) is 3.46. The highest BCUT2D eigenvalue weighted by Gasteiger charge is 2.19. The first-order valence-electron chi connectivity index (χ1n) is 7.17. The van der Waals surface area contributed by atoms with Crippen LogP contribution in [0.4, 0.5) is 5.00 Å². The molecule has 0 radical (unpaired) electrons. The minimum Gasteiger partial charge on any atom is -0.465 e. The predicted octanol–water partition coefficient (Wildman–Crippen LogP) is 4.08. The number of esters is 1. The molecule has 6 nitrogen and oxygen atoms in total. The van der Waals surface area contributed by atoms with E-state index in [1.54, 1.807) is 30.3 Å². The van der Waals surface area contributed by atoms with Crippen molar-refractivity contribution in [2.24, 2.45) is 0 Å². The van der Waals surface area contributed by atoms with Crippen molar-refractivity contribution >= 4 is 55.1 Å². The van der Waals surface area contributed by atoms with Crippen molar-refractivity contribution in [1.82, 2.24) is 0 Å². The SMILES string of the molecule is COC(=O)c1cc(C)sc1NC(=O)c1cc2cc(Br)ccc2oc1=N. The van der Waals surface area contributed by atoms with Gasteiger partial charge < -0.3 is 14.5 Å². The number of carbonyl (C=O) groups excluding carboxylic acids is 2. The molecule has 0 bridgehead atoms. The second kappa shape index (κ2) is 6.81. The number of fused-ring (bicyclic) bond motifs is 1. The van der Waals surface area contributed by atoms with Crippen molar-refractivity contribution in [1.29, 1.82) is 5.41 Å². The van der Waals surface area contributed by atoms with E-state index in [0.29, 0.717) is 16.0 Å². The minimum absolute atomic E-state index is 0.0764. The number of rotatable bonds is 3. The zero-order chi connectivity index (χ0) is 18.1. The number of benzene rings is 1. The van der Waals surface area contributed by atoms with Crippen molar-refractivity contribution in [3.05, 3.63) is 56.4 Å². The molecule has 0 atom stereocenters. The number of anilines is 1. The molecule has 0 aliphatic carbocycles. The monoisotopic (exact) mass is 420 g/mol. The van der Waals surface area contributed by atoms with Gasteiger partial charge in [0, 0.05) is 14.7 Å². The Balaban J connectivity index is 1.99. The Morgan fingerprint density at radius 3 is 2.72 bits per heavy atom. The Labute approximate surface area is 155 Å². The molecule has 3 aromatic rings. The number of ether oxygens (including phenoxy) is 1. The summed E-state index contributed by atoms with van der Waals surface area (Å²) in [6, 6.07) is 8.54. The topological polar surface area (TPSA) is 92.4 Å². The van der Waals surface area contributed by atoms with Gasteiger partial charge in [0.05, 0.1) is 12.7 Å². The van der Waals surface area contributed by atoms with E-state index in [1.165, 1.54) is 18.4 Å². The van der Waals surface area contributed by atoms with Crippen LogP contribution in [0.25, 0.3) is 11.0 Å². The summed E-state index contributed by atoms with van der Waals surface area (Å²) >= 11 is 4.62. The molecule has 0 fully saturated rings. The number of amides is 1. The van der Waals surface area contributed by atoms with Crippen LogP contribution in [0.1, 0.15) is 25.6 Å². The van der Waals surface area contributed by atoms with Crippen LogP contribution in [0, 0.1) is 12.3 Å². The van der Waals surface area contributed by atoms with E-state index < -0.39 is 11.9 Å². The van der Waals surface area contributed by atoms with Gasteiger partial charge in [0.1, 0.15) is 16.1 Å². The second-order valence-corrected chi connectivity index (χ2v) is 7.39. The van der Waals surface area contributed by atoms with Gasteiger partial charge in [0.15, 0.2) is 0 Å². The van der Waals surface area contributed by atoms with Crippen molar-refractivity contribution < 1.29 is 18.7 Å². The third-order valence-corrected chi connectivity index (χ3v) is 4.92. The van der Waals surface area contributed by atoms with Crippen molar-refractivity contribution in [3.8, 4) is 0 Å². The summed E-state index contributed by atoms with van der Waals surface area (Å²) in [5, 5.41) is 11.7. The molecule has 0 aliphatic rings. The van der Waals surface area contributed by atoms with Crippen LogP contribution < -0.4 is 10.9 Å². The van der Waals surface area contributed by atoms with Crippen molar-refractivity contribution in [2.75, 3.05) is 12.4 Å². The highest BCUT2D eigenvalue weighted by atomic mass is 79.9. The fraction of sp³-hybridized carbons (Fsp3) is 0.118. The van der Waals surface area contributed by atoms with Crippen molar-refractivity contribution in [2.45, 2.75) is 6.92 Å². The Morgan fingerprint density at radius 2 is 2.00 bits per heavy atom. The second-order valence-electron chi connectivity index (χ2n) is 5.22. The normalized spacial score (nSPS) is 10.7. The van der Waals surface area contributed by atoms with Crippen LogP contribution in [0.15, 0.2) is 39.2 Å². The van der Waals surface area contributed by atoms with E-state index in [-0.39, 0.29) is 16.7 Å². The van der Waals surface area contributed by atoms with Crippen LogP contribution in [-0.4, -0.2) is 19.0 Å². The Bertz CT molecular complexity index is 1050. The quantitative estimate of drug-likeness (QED) is 0.624. The molecule has 128 valence electrons. The van der Waals surface area contributed by atoms with Gasteiger partial charge in [-0.2, -0.15) is 0 Å². The Kier molecular flexibility index (Phi) is 4.73. The first kappa shape index (κ1) is 17.4. The van der Waals surface area contributed by atoms with Crippen LogP contribution in [0.2, 0.25) is 0 Å². The molecule has 1 aromatic carbocycles. The van der Waals surface area contributed by atoms with E-state index in [2.05, 4.69) is 21.2 Å². The first-order chi connectivity index (χ1) is 11.9. The molecular formula is C17H13BrN2O4S. The molecule has 3 rings (SSSR count). The highest BCUT2D eigenvalue weighted by Crippen LogP contribution is 2.28. The zero-order valence-electron chi connectivity index (χ0n) is 13.3. The van der Waals surface area contributed by atoms with Crippen LogP contribution in [0.3, 0.4) is 0 Å². The number of hydrogen-bond acceptors (Lipinski definition) is 6. The van der Waals surface area contributed by atoms with Gasteiger partial charge in [-0.3, -0.25) is 10.2 Å². The molecule has 25 heavy (non-hydrogen) atoms. The summed E-state index contributed by atoms with van der Waals surface area (Å²) in [4.78, 5) is 25.3. The molecule has 2 heterocycles. The zero-order valence-corrected chi connectivity index (χ0v) is 15.7. The lowest BCUT2D eigenvalue weighted by Crippen LogP contribution is -2.21. The highest BCUT2D eigenvalue weighted by molar-refractivity contribution is 9.10. The van der Waals surface area contributed by atoms with Crippen LogP contribution in [0.5, 0.6) is 0 Å². The van der Waals surface area contributed by atoms with E-state index in [0.717, 1.165) is 9.35 Å². The third kappa shape index (κ3) is 3.49. The van der Waals surface area contributed by atoms with Gasteiger partial charge in [-0.25, -0.2) is 4.79 Å². The molecule has 1 amide bonds. The summed E-state index contributed by atoms with van der Waals surface area (Å²) in [5.41, 5.74) is 0.616. The summed E-state index contributed by atoms with van der Waals surface area (Å²) in [6.07, 6.45) is 0. The number of nitrogens with one attached hydrogen (secondary N) is 2. The summed E-state index contributed by atoms with van der Waals surface area (Å²) in [6.45, 7) is 1.82. The lowest BCUT2D eigenvalue weighted by Gasteiger charge is -2.06. The van der Waals surface area contributed by atoms with Gasteiger partial charge in [-0.05, 0) is 37.3 Å². The van der Waals surface area contributed by atoms with Gasteiger partial charge in [0.2, 0.25) is 5.55 Å². The molecule has 0 aliphatic heterocycles. The molecule has 0 saturated carbocycles. The number of halogens is 1. The fourth-order valence-corrected chi connectivity index (χ4v) is 3.59. The van der Waals surface area contributed by atoms with E-state index in [9.17, 15) is 9.59 Å². The number of hydrogen-bond donors (Lipinski definition) is 2. The lowest BCUT2D eigenvalue weighted by atomic mass is 10.1. The van der Waals surface area contributed by atoms with Gasteiger partial charge >= 0.3 is 5.97 Å². The fourth-order valence-electron chi connectivity index (χ4n) is 2.32. The molecular weight excluding hydrogens is 408 g/mol. The molecule has 2 aromatic heterocycles. The van der Waals surface area contributed by atoms with Crippen LogP contribution >= 0.6 is 27.3 Å². The average molecular weight is 421 g/mol. The van der Waals surface area contributed by atoms with Crippen molar-refractivity contribution in [3.63, 3.8) is 0 Å². The standard InChI is InChI=1S/C17H13BrN2O4S/c1-8-5-12(17(22)23-2)16(25-8)20-15(21)11-7-9-6-10(18)3-4-13(9)24-14(11)19/h3-7,19H,1-2H3,(H,20,21). The smallest absolute Gasteiger partial charge is 0.340 e. The van der Waals surface area contributed by atoms with Gasteiger partial charge in [-0.15, -0.1) is 11.3 Å². The Hall–Kier alpha value is -2.45. The molecule has 8 heteroatoms. The summed E-state index contributed by atoms with van der Waals surface area (Å²) in [5.74, 6) is -1.06. The first-order valence-corrected chi connectivity index (χ1v) is 8.78. The lowest BCUT2D eigenvalue weighted by molar-refractivity contribution is 0.0602. The summed E-state index contributed by atoms with van der Waals surface area (Å²) in [7, 11) is 1.28. The van der Waals surface area contributed by atoms with E-state index in [1.807, 2.05) is 6.92 Å². The maximum absolute atomic E-state index is 12.6.